The largest absolute Gasteiger partial charge is 0.492 e. The summed E-state index contributed by atoms with van der Waals surface area (Å²) in [6, 6.07) is 5.57. The summed E-state index contributed by atoms with van der Waals surface area (Å²) < 4.78 is 6.60. The van der Waals surface area contributed by atoms with E-state index in [0.717, 1.165) is 29.0 Å². The Morgan fingerprint density at radius 3 is 2.84 bits per heavy atom. The third kappa shape index (κ3) is 5.92. The number of aliphatic carboxylic acids is 1. The Morgan fingerprint density at radius 2 is 2.21 bits per heavy atom. The van der Waals surface area contributed by atoms with Gasteiger partial charge in [-0.1, -0.05) is 26.0 Å². The van der Waals surface area contributed by atoms with Gasteiger partial charge in [-0.2, -0.15) is 0 Å². The van der Waals surface area contributed by atoms with Crippen molar-refractivity contribution in [2.45, 2.75) is 26.7 Å². The van der Waals surface area contributed by atoms with Crippen LogP contribution in [0.5, 0.6) is 5.75 Å². The topological polar surface area (TPSA) is 46.5 Å². The normalized spacial score (nSPS) is 11.2. The molecule has 0 aliphatic carbocycles. The summed E-state index contributed by atoms with van der Waals surface area (Å²) in [6.07, 6.45) is 4.76. The predicted molar refractivity (Wildman–Crippen MR) is 80.4 cm³/mol. The number of ether oxygens (including phenoxy) is 1. The van der Waals surface area contributed by atoms with Crippen LogP contribution in [0.25, 0.3) is 6.08 Å². The van der Waals surface area contributed by atoms with Gasteiger partial charge in [-0.05, 0) is 46.8 Å². The van der Waals surface area contributed by atoms with Crippen molar-refractivity contribution < 1.29 is 14.6 Å². The van der Waals surface area contributed by atoms with Crippen molar-refractivity contribution in [1.82, 2.24) is 0 Å². The Balaban J connectivity index is 2.72. The van der Waals surface area contributed by atoms with Crippen LogP contribution in [0.15, 0.2) is 28.7 Å². The van der Waals surface area contributed by atoms with E-state index < -0.39 is 5.97 Å². The molecule has 0 radical (unpaired) electrons. The van der Waals surface area contributed by atoms with Crippen molar-refractivity contribution in [3.63, 3.8) is 0 Å². The van der Waals surface area contributed by atoms with Gasteiger partial charge in [0.25, 0.3) is 0 Å². The average Bonchev–Trinajstić information content (AvgIpc) is 2.33. The predicted octanol–water partition coefficient (Wildman–Crippen LogP) is 4.36. The molecule has 0 heterocycles. The van der Waals surface area contributed by atoms with Crippen molar-refractivity contribution >= 4 is 28.0 Å². The zero-order chi connectivity index (χ0) is 14.3. The Morgan fingerprint density at radius 1 is 1.47 bits per heavy atom. The molecule has 0 amide bonds. The van der Waals surface area contributed by atoms with Gasteiger partial charge in [0.05, 0.1) is 11.1 Å². The fourth-order valence-corrected chi connectivity index (χ4v) is 2.13. The van der Waals surface area contributed by atoms with Crippen molar-refractivity contribution in [1.29, 1.82) is 0 Å². The lowest BCUT2D eigenvalue weighted by Crippen LogP contribution is -2.01. The molecular weight excluding hydrogens is 308 g/mol. The molecule has 0 saturated heterocycles. The SMILES string of the molecule is CC(C)CCCOc1c(Br)cccc1/C=C/C(=O)O. The molecule has 0 aliphatic rings. The van der Waals surface area contributed by atoms with E-state index in [9.17, 15) is 4.79 Å². The van der Waals surface area contributed by atoms with Gasteiger partial charge < -0.3 is 9.84 Å². The van der Waals surface area contributed by atoms with Crippen LogP contribution >= 0.6 is 15.9 Å². The van der Waals surface area contributed by atoms with E-state index in [4.69, 9.17) is 9.84 Å². The summed E-state index contributed by atoms with van der Waals surface area (Å²) in [5.74, 6) is 0.392. The van der Waals surface area contributed by atoms with Crippen molar-refractivity contribution in [3.8, 4) is 5.75 Å². The number of rotatable bonds is 7. The number of carboxylic acid groups (broad SMARTS) is 1. The summed E-state index contributed by atoms with van der Waals surface area (Å²) in [6.45, 7) is 4.99. The second-order valence-electron chi connectivity index (χ2n) is 4.71. The Hall–Kier alpha value is -1.29. The summed E-state index contributed by atoms with van der Waals surface area (Å²) in [5, 5.41) is 8.67. The molecule has 0 fully saturated rings. The molecule has 1 aromatic carbocycles. The molecule has 0 atom stereocenters. The van der Waals surface area contributed by atoms with Gasteiger partial charge in [-0.25, -0.2) is 4.79 Å². The highest BCUT2D eigenvalue weighted by Gasteiger charge is 2.06. The molecule has 0 bridgehead atoms. The van der Waals surface area contributed by atoms with Crippen LogP contribution in [0.3, 0.4) is 0 Å². The molecule has 104 valence electrons. The number of benzene rings is 1. The first-order valence-electron chi connectivity index (χ1n) is 6.33. The first-order chi connectivity index (χ1) is 9.00. The maximum atomic E-state index is 10.6. The monoisotopic (exact) mass is 326 g/mol. The van der Waals surface area contributed by atoms with Crippen LogP contribution in [0.1, 0.15) is 32.3 Å². The summed E-state index contributed by atoms with van der Waals surface area (Å²) in [5.41, 5.74) is 0.765. The van der Waals surface area contributed by atoms with Gasteiger partial charge in [0.15, 0.2) is 0 Å². The van der Waals surface area contributed by atoms with Gasteiger partial charge in [-0.3, -0.25) is 0 Å². The minimum absolute atomic E-state index is 0.634. The minimum Gasteiger partial charge on any atom is -0.492 e. The highest BCUT2D eigenvalue weighted by molar-refractivity contribution is 9.10. The third-order valence-corrected chi connectivity index (χ3v) is 3.20. The first kappa shape index (κ1) is 15.8. The number of hydrogen-bond donors (Lipinski definition) is 1. The van der Waals surface area contributed by atoms with E-state index >= 15 is 0 Å². The van der Waals surface area contributed by atoms with Crippen LogP contribution in [-0.4, -0.2) is 17.7 Å². The maximum Gasteiger partial charge on any atom is 0.328 e. The highest BCUT2D eigenvalue weighted by atomic mass is 79.9. The lowest BCUT2D eigenvalue weighted by molar-refractivity contribution is -0.131. The van der Waals surface area contributed by atoms with Crippen molar-refractivity contribution in [2.75, 3.05) is 6.61 Å². The highest BCUT2D eigenvalue weighted by Crippen LogP contribution is 2.30. The van der Waals surface area contributed by atoms with Crippen LogP contribution < -0.4 is 4.74 Å². The molecular formula is C15H19BrO3. The molecule has 1 N–H and O–H groups in total. The second kappa shape index (κ2) is 8.00. The van der Waals surface area contributed by atoms with E-state index in [1.54, 1.807) is 6.08 Å². The van der Waals surface area contributed by atoms with E-state index in [2.05, 4.69) is 29.8 Å². The number of carbonyl (C=O) groups is 1. The van der Waals surface area contributed by atoms with Crippen LogP contribution in [0.4, 0.5) is 0 Å². The van der Waals surface area contributed by atoms with Crippen molar-refractivity contribution in [2.24, 2.45) is 5.92 Å². The van der Waals surface area contributed by atoms with Crippen molar-refractivity contribution in [3.05, 3.63) is 34.3 Å². The summed E-state index contributed by atoms with van der Waals surface area (Å²) in [4.78, 5) is 10.6. The van der Waals surface area contributed by atoms with Gasteiger partial charge in [0, 0.05) is 11.6 Å². The minimum atomic E-state index is -0.967. The molecule has 4 heteroatoms. The number of carboxylic acids is 1. The second-order valence-corrected chi connectivity index (χ2v) is 5.57. The van der Waals surface area contributed by atoms with Crippen LogP contribution in [-0.2, 0) is 4.79 Å². The van der Waals surface area contributed by atoms with E-state index in [0.29, 0.717) is 18.3 Å². The standard InChI is InChI=1S/C15H19BrO3/c1-11(2)5-4-10-19-15-12(8-9-14(17)18)6-3-7-13(15)16/h3,6-9,11H,4-5,10H2,1-2H3,(H,17,18)/b9-8+. The number of hydrogen-bond acceptors (Lipinski definition) is 2. The van der Waals surface area contributed by atoms with E-state index in [-0.39, 0.29) is 0 Å². The fourth-order valence-electron chi connectivity index (χ4n) is 1.64. The molecule has 0 aromatic heterocycles. The fraction of sp³-hybridized carbons (Fsp3) is 0.400. The van der Waals surface area contributed by atoms with Gasteiger partial charge in [0.2, 0.25) is 0 Å². The Kier molecular flexibility index (Phi) is 6.64. The number of halogens is 1. The molecule has 0 spiro atoms. The van der Waals surface area contributed by atoms with E-state index in [1.165, 1.54) is 0 Å². The average molecular weight is 327 g/mol. The molecule has 19 heavy (non-hydrogen) atoms. The zero-order valence-corrected chi connectivity index (χ0v) is 12.8. The van der Waals surface area contributed by atoms with Gasteiger partial charge >= 0.3 is 5.97 Å². The first-order valence-corrected chi connectivity index (χ1v) is 7.12. The number of para-hydroxylation sites is 1. The molecule has 0 saturated carbocycles. The van der Waals surface area contributed by atoms with Gasteiger partial charge in [-0.15, -0.1) is 0 Å². The maximum absolute atomic E-state index is 10.6. The summed E-state index contributed by atoms with van der Waals surface area (Å²) in [7, 11) is 0. The third-order valence-electron chi connectivity index (χ3n) is 2.58. The van der Waals surface area contributed by atoms with Gasteiger partial charge in [0.1, 0.15) is 5.75 Å². The lowest BCUT2D eigenvalue weighted by Gasteiger charge is -2.12. The zero-order valence-electron chi connectivity index (χ0n) is 11.2. The quantitative estimate of drug-likeness (QED) is 0.598. The van der Waals surface area contributed by atoms with Crippen LogP contribution in [0.2, 0.25) is 0 Å². The van der Waals surface area contributed by atoms with E-state index in [1.807, 2.05) is 18.2 Å². The Labute approximate surface area is 122 Å². The lowest BCUT2D eigenvalue weighted by atomic mass is 10.1. The molecule has 3 nitrogen and oxygen atoms in total. The molecule has 1 rings (SSSR count). The Bertz CT molecular complexity index is 453. The molecule has 0 unspecified atom stereocenters. The smallest absolute Gasteiger partial charge is 0.328 e. The summed E-state index contributed by atoms with van der Waals surface area (Å²) >= 11 is 3.43. The molecule has 1 aromatic rings. The molecule has 0 aliphatic heterocycles. The van der Waals surface area contributed by atoms with Crippen LogP contribution in [0, 0.1) is 5.92 Å².